The number of benzene rings is 2. The van der Waals surface area contributed by atoms with Gasteiger partial charge in [-0.2, -0.15) is 4.98 Å². The van der Waals surface area contributed by atoms with E-state index in [4.69, 9.17) is 15.5 Å². The summed E-state index contributed by atoms with van der Waals surface area (Å²) in [6.45, 7) is 0. The van der Waals surface area contributed by atoms with Crippen molar-refractivity contribution in [3.8, 4) is 28.4 Å². The Kier molecular flexibility index (Phi) is 5.33. The van der Waals surface area contributed by atoms with Crippen molar-refractivity contribution >= 4 is 5.91 Å². The van der Waals surface area contributed by atoms with Gasteiger partial charge in [0.15, 0.2) is 0 Å². The van der Waals surface area contributed by atoms with E-state index >= 15 is 0 Å². The number of nitrogens with zero attached hydrogens (tertiary/aromatic N) is 2. The molecule has 1 heterocycles. The fraction of sp³-hybridized carbons (Fsp3) is 0.261. The highest BCUT2D eigenvalue weighted by Gasteiger charge is 2.18. The Balaban J connectivity index is 1.71. The molecular weight excluding hydrogens is 350 g/mol. The van der Waals surface area contributed by atoms with Crippen molar-refractivity contribution in [2.24, 2.45) is 5.73 Å². The summed E-state index contributed by atoms with van der Waals surface area (Å²) in [6, 6.07) is 17.6. The predicted octanol–water partition coefficient (Wildman–Crippen LogP) is 4.62. The van der Waals surface area contributed by atoms with Crippen LogP contribution in [0.2, 0.25) is 0 Å². The van der Waals surface area contributed by atoms with Crippen LogP contribution in [0.1, 0.15) is 42.5 Å². The van der Waals surface area contributed by atoms with Gasteiger partial charge in [0.25, 0.3) is 0 Å². The van der Waals surface area contributed by atoms with Crippen LogP contribution in [-0.2, 0) is 0 Å². The molecule has 5 nitrogen and oxygen atoms in total. The molecule has 5 heteroatoms. The maximum Gasteiger partial charge on any atom is 0.317 e. The fourth-order valence-electron chi connectivity index (χ4n) is 3.60. The molecule has 2 N–H and O–H groups in total. The maximum atomic E-state index is 11.4. The standard InChI is InChI=1S/C23H23N3O2/c24-22(27)18-13-11-16(12-14-18)20-15-25-23(28-19-9-5-2-6-10-19)26-21(20)17-7-3-1-4-8-17/h1,3-4,7-8,11-15,19H,2,5-6,9-10H2,(H2,24,27). The van der Waals surface area contributed by atoms with Crippen LogP contribution in [0.15, 0.2) is 60.8 Å². The number of aromatic nitrogens is 2. The number of carbonyl (C=O) groups is 1. The van der Waals surface area contributed by atoms with Crippen molar-refractivity contribution < 1.29 is 9.53 Å². The molecule has 4 rings (SSSR count). The van der Waals surface area contributed by atoms with Crippen LogP contribution >= 0.6 is 0 Å². The summed E-state index contributed by atoms with van der Waals surface area (Å²) in [6.07, 6.45) is 7.77. The van der Waals surface area contributed by atoms with E-state index in [0.29, 0.717) is 11.6 Å². The Morgan fingerprint density at radius 1 is 0.929 bits per heavy atom. The van der Waals surface area contributed by atoms with Crippen molar-refractivity contribution in [2.45, 2.75) is 38.2 Å². The van der Waals surface area contributed by atoms with Crippen LogP contribution in [0.4, 0.5) is 0 Å². The van der Waals surface area contributed by atoms with E-state index in [1.54, 1.807) is 18.3 Å². The Labute approximate surface area is 164 Å². The number of nitrogens with two attached hydrogens (primary N) is 1. The van der Waals surface area contributed by atoms with E-state index in [-0.39, 0.29) is 6.10 Å². The molecule has 142 valence electrons. The smallest absolute Gasteiger partial charge is 0.317 e. The van der Waals surface area contributed by atoms with Gasteiger partial charge in [-0.05, 0) is 43.4 Å². The summed E-state index contributed by atoms with van der Waals surface area (Å²) in [5.41, 5.74) is 9.44. The minimum Gasteiger partial charge on any atom is -0.460 e. The van der Waals surface area contributed by atoms with Crippen LogP contribution < -0.4 is 10.5 Å². The Morgan fingerprint density at radius 2 is 1.64 bits per heavy atom. The molecule has 1 aromatic heterocycles. The number of rotatable bonds is 5. The lowest BCUT2D eigenvalue weighted by atomic mass is 9.98. The Hall–Kier alpha value is -3.21. The van der Waals surface area contributed by atoms with Crippen LogP contribution in [-0.4, -0.2) is 22.0 Å². The summed E-state index contributed by atoms with van der Waals surface area (Å²) < 4.78 is 6.08. The van der Waals surface area contributed by atoms with Gasteiger partial charge in [-0.25, -0.2) is 4.98 Å². The van der Waals surface area contributed by atoms with Gasteiger partial charge >= 0.3 is 6.01 Å². The molecule has 0 saturated heterocycles. The van der Waals surface area contributed by atoms with E-state index < -0.39 is 5.91 Å². The lowest BCUT2D eigenvalue weighted by molar-refractivity contribution is 0.100. The molecule has 0 bridgehead atoms. The second-order valence-electron chi connectivity index (χ2n) is 7.10. The summed E-state index contributed by atoms with van der Waals surface area (Å²) in [5.74, 6) is -0.442. The van der Waals surface area contributed by atoms with Gasteiger partial charge in [0, 0.05) is 22.9 Å². The molecule has 1 amide bonds. The molecule has 1 aliphatic rings. The first kappa shape index (κ1) is 18.2. The number of carbonyl (C=O) groups excluding carboxylic acids is 1. The zero-order valence-electron chi connectivity index (χ0n) is 15.7. The third-order valence-corrected chi connectivity index (χ3v) is 5.12. The van der Waals surface area contributed by atoms with Gasteiger partial charge in [-0.1, -0.05) is 48.9 Å². The molecule has 0 unspecified atom stereocenters. The average Bonchev–Trinajstić information content (AvgIpc) is 2.75. The molecule has 1 fully saturated rings. The molecule has 0 atom stereocenters. The lowest BCUT2D eigenvalue weighted by Crippen LogP contribution is -2.20. The first-order valence-electron chi connectivity index (χ1n) is 9.70. The fourth-order valence-corrected chi connectivity index (χ4v) is 3.60. The van der Waals surface area contributed by atoms with Crippen LogP contribution in [0.25, 0.3) is 22.4 Å². The Morgan fingerprint density at radius 3 is 2.32 bits per heavy atom. The van der Waals surface area contributed by atoms with Crippen molar-refractivity contribution in [2.75, 3.05) is 0 Å². The highest BCUT2D eigenvalue weighted by molar-refractivity contribution is 5.93. The number of primary amides is 1. The molecule has 1 saturated carbocycles. The van der Waals surface area contributed by atoms with Gasteiger partial charge in [0.2, 0.25) is 5.91 Å². The normalized spacial score (nSPS) is 14.6. The predicted molar refractivity (Wildman–Crippen MR) is 109 cm³/mol. The number of hydrogen-bond acceptors (Lipinski definition) is 4. The van der Waals surface area contributed by atoms with Gasteiger partial charge in [0.1, 0.15) is 6.10 Å². The topological polar surface area (TPSA) is 78.1 Å². The van der Waals surface area contributed by atoms with E-state index in [0.717, 1.165) is 35.2 Å². The van der Waals surface area contributed by atoms with Gasteiger partial charge in [-0.15, -0.1) is 0 Å². The summed E-state index contributed by atoms with van der Waals surface area (Å²) in [5, 5.41) is 0. The largest absolute Gasteiger partial charge is 0.460 e. The SMILES string of the molecule is NC(=O)c1ccc(-c2cnc(OC3CCCCC3)nc2-c2ccccc2)cc1. The van der Waals surface area contributed by atoms with E-state index in [1.807, 2.05) is 42.5 Å². The third kappa shape index (κ3) is 4.03. The molecule has 0 aliphatic heterocycles. The molecule has 0 spiro atoms. The minimum atomic E-state index is -0.442. The summed E-state index contributed by atoms with van der Waals surface area (Å²) in [7, 11) is 0. The molecule has 28 heavy (non-hydrogen) atoms. The first-order chi connectivity index (χ1) is 13.7. The van der Waals surface area contributed by atoms with Gasteiger partial charge in [0.05, 0.1) is 5.69 Å². The number of hydrogen-bond donors (Lipinski definition) is 1. The minimum absolute atomic E-state index is 0.193. The number of amides is 1. The average molecular weight is 373 g/mol. The maximum absolute atomic E-state index is 11.4. The molecule has 0 radical (unpaired) electrons. The lowest BCUT2D eigenvalue weighted by Gasteiger charge is -2.22. The summed E-state index contributed by atoms with van der Waals surface area (Å²) in [4.78, 5) is 20.6. The van der Waals surface area contributed by atoms with Crippen molar-refractivity contribution in [1.82, 2.24) is 9.97 Å². The molecular formula is C23H23N3O2. The second kappa shape index (κ2) is 8.21. The van der Waals surface area contributed by atoms with E-state index in [1.165, 1.54) is 19.3 Å². The third-order valence-electron chi connectivity index (χ3n) is 5.12. The highest BCUT2D eigenvalue weighted by Crippen LogP contribution is 2.32. The monoisotopic (exact) mass is 373 g/mol. The van der Waals surface area contributed by atoms with Crippen LogP contribution in [0.3, 0.4) is 0 Å². The highest BCUT2D eigenvalue weighted by atomic mass is 16.5. The molecule has 1 aliphatic carbocycles. The van der Waals surface area contributed by atoms with E-state index in [2.05, 4.69) is 4.98 Å². The van der Waals surface area contributed by atoms with Crippen molar-refractivity contribution in [3.63, 3.8) is 0 Å². The van der Waals surface area contributed by atoms with Crippen molar-refractivity contribution in [3.05, 3.63) is 66.4 Å². The Bertz CT molecular complexity index is 949. The van der Waals surface area contributed by atoms with Gasteiger partial charge in [-0.3, -0.25) is 4.79 Å². The van der Waals surface area contributed by atoms with Crippen molar-refractivity contribution in [1.29, 1.82) is 0 Å². The molecule has 3 aromatic rings. The van der Waals surface area contributed by atoms with E-state index in [9.17, 15) is 4.79 Å². The van der Waals surface area contributed by atoms with Crippen LogP contribution in [0, 0.1) is 0 Å². The summed E-state index contributed by atoms with van der Waals surface area (Å²) >= 11 is 0. The van der Waals surface area contributed by atoms with Gasteiger partial charge < -0.3 is 10.5 Å². The quantitative estimate of drug-likeness (QED) is 0.708. The zero-order valence-corrected chi connectivity index (χ0v) is 15.7. The molecule has 2 aromatic carbocycles. The number of ether oxygens (including phenoxy) is 1. The first-order valence-corrected chi connectivity index (χ1v) is 9.70. The zero-order chi connectivity index (χ0) is 19.3. The second-order valence-corrected chi connectivity index (χ2v) is 7.10. The van der Waals surface area contributed by atoms with Crippen LogP contribution in [0.5, 0.6) is 6.01 Å².